The highest BCUT2D eigenvalue weighted by atomic mass is 16.6. The van der Waals surface area contributed by atoms with E-state index in [9.17, 15) is 14.9 Å². The third-order valence-electron chi connectivity index (χ3n) is 1.84. The Morgan fingerprint density at radius 2 is 2.19 bits per heavy atom. The lowest BCUT2D eigenvalue weighted by Crippen LogP contribution is -2.17. The Hall–Kier alpha value is -2.37. The molecular weight excluding hydrogens is 212 g/mol. The molecule has 1 aromatic rings. The number of hydrogen-bond acceptors (Lipinski definition) is 4. The number of nitrogens with two attached hydrogens (primary N) is 1. The minimum Gasteiger partial charge on any atom is -0.410 e. The van der Waals surface area contributed by atoms with Gasteiger partial charge in [0.25, 0.3) is 5.69 Å². The molecule has 0 bridgehead atoms. The molecule has 6 heteroatoms. The van der Waals surface area contributed by atoms with Gasteiger partial charge in [0.1, 0.15) is 5.75 Å². The zero-order valence-corrected chi connectivity index (χ0v) is 8.60. The second-order valence-corrected chi connectivity index (χ2v) is 3.14. The average molecular weight is 222 g/mol. The third kappa shape index (κ3) is 2.57. The van der Waals surface area contributed by atoms with Crippen molar-refractivity contribution in [2.75, 3.05) is 0 Å². The number of amides is 1. The highest BCUT2D eigenvalue weighted by Gasteiger charge is 2.13. The fraction of sp³-hybridized carbons (Fsp3) is 0.100. The summed E-state index contributed by atoms with van der Waals surface area (Å²) in [5, 5.41) is 10.6. The zero-order chi connectivity index (χ0) is 12.3. The molecule has 0 aliphatic carbocycles. The highest BCUT2D eigenvalue weighted by Crippen LogP contribution is 2.29. The second-order valence-electron chi connectivity index (χ2n) is 3.14. The first-order chi connectivity index (χ1) is 7.41. The summed E-state index contributed by atoms with van der Waals surface area (Å²) in [5.74, 6) is 0.158. The molecule has 84 valence electrons. The number of ether oxygens (including phenoxy) is 1. The molecule has 0 heterocycles. The van der Waals surface area contributed by atoms with Crippen molar-refractivity contribution in [3.63, 3.8) is 0 Å². The van der Waals surface area contributed by atoms with Gasteiger partial charge in [-0.05, 0) is 18.6 Å². The zero-order valence-electron chi connectivity index (χ0n) is 8.60. The fourth-order valence-electron chi connectivity index (χ4n) is 1.16. The standard InChI is InChI=1S/C10H10N2O4/c1-6(2)8-5-7(12(14)15)3-4-9(8)16-10(11)13/h3-5H,1H2,2H3,(H2,11,13). The molecule has 0 aliphatic rings. The van der Waals surface area contributed by atoms with Crippen molar-refractivity contribution < 1.29 is 14.5 Å². The van der Waals surface area contributed by atoms with E-state index in [1.54, 1.807) is 6.92 Å². The normalized spacial score (nSPS) is 9.56. The van der Waals surface area contributed by atoms with Gasteiger partial charge in [0.2, 0.25) is 0 Å². The molecule has 1 rings (SSSR count). The Bertz CT molecular complexity index is 468. The Morgan fingerprint density at radius 3 is 2.62 bits per heavy atom. The predicted octanol–water partition coefficient (Wildman–Crippen LogP) is 2.09. The van der Waals surface area contributed by atoms with Gasteiger partial charge in [-0.15, -0.1) is 0 Å². The molecule has 0 unspecified atom stereocenters. The summed E-state index contributed by atoms with van der Waals surface area (Å²) in [6.45, 7) is 5.28. The van der Waals surface area contributed by atoms with Gasteiger partial charge in [0, 0.05) is 17.7 Å². The predicted molar refractivity (Wildman–Crippen MR) is 58.0 cm³/mol. The summed E-state index contributed by atoms with van der Waals surface area (Å²) >= 11 is 0. The summed E-state index contributed by atoms with van der Waals surface area (Å²) in [4.78, 5) is 20.6. The van der Waals surface area contributed by atoms with Crippen LogP contribution in [0.5, 0.6) is 5.75 Å². The Labute approximate surface area is 91.5 Å². The molecule has 0 spiro atoms. The molecule has 0 fully saturated rings. The maximum atomic E-state index is 10.6. The van der Waals surface area contributed by atoms with Crippen LogP contribution in [-0.2, 0) is 0 Å². The molecule has 0 aromatic heterocycles. The summed E-state index contributed by atoms with van der Waals surface area (Å²) < 4.78 is 4.70. The number of rotatable bonds is 3. The Balaban J connectivity index is 3.24. The molecule has 0 radical (unpaired) electrons. The number of nitrogens with zero attached hydrogens (tertiary/aromatic N) is 1. The van der Waals surface area contributed by atoms with Crippen LogP contribution in [0.25, 0.3) is 5.57 Å². The van der Waals surface area contributed by atoms with Crippen LogP contribution in [0.15, 0.2) is 24.8 Å². The van der Waals surface area contributed by atoms with E-state index in [2.05, 4.69) is 6.58 Å². The van der Waals surface area contributed by atoms with Crippen LogP contribution >= 0.6 is 0 Å². The minimum absolute atomic E-state index is 0.102. The maximum Gasteiger partial charge on any atom is 0.409 e. The van der Waals surface area contributed by atoms with Gasteiger partial charge in [-0.25, -0.2) is 4.79 Å². The quantitative estimate of drug-likeness (QED) is 0.625. The first-order valence-corrected chi connectivity index (χ1v) is 4.33. The van der Waals surface area contributed by atoms with Crippen molar-refractivity contribution in [3.05, 3.63) is 40.5 Å². The number of non-ortho nitro benzene ring substituents is 1. The molecule has 6 nitrogen and oxygen atoms in total. The number of hydrogen-bond donors (Lipinski definition) is 1. The SMILES string of the molecule is C=C(C)c1cc([N+](=O)[O-])ccc1OC(N)=O. The lowest BCUT2D eigenvalue weighted by Gasteiger charge is -2.07. The van der Waals surface area contributed by atoms with Gasteiger partial charge in [-0.3, -0.25) is 10.1 Å². The van der Waals surface area contributed by atoms with Gasteiger partial charge in [-0.2, -0.15) is 0 Å². The largest absolute Gasteiger partial charge is 0.410 e. The lowest BCUT2D eigenvalue weighted by atomic mass is 10.1. The first kappa shape index (κ1) is 11.7. The number of nitro groups is 1. The van der Waals surface area contributed by atoms with E-state index in [4.69, 9.17) is 10.5 Å². The van der Waals surface area contributed by atoms with Crippen molar-refractivity contribution in [2.45, 2.75) is 6.92 Å². The Morgan fingerprint density at radius 1 is 1.56 bits per heavy atom. The topological polar surface area (TPSA) is 95.5 Å². The molecule has 0 saturated heterocycles. The van der Waals surface area contributed by atoms with Crippen LogP contribution < -0.4 is 10.5 Å². The van der Waals surface area contributed by atoms with Gasteiger partial charge >= 0.3 is 6.09 Å². The fourth-order valence-corrected chi connectivity index (χ4v) is 1.16. The number of carbonyl (C=O) groups excluding carboxylic acids is 1. The number of benzene rings is 1. The number of carbonyl (C=O) groups is 1. The van der Waals surface area contributed by atoms with Crippen LogP contribution in [0.4, 0.5) is 10.5 Å². The Kier molecular flexibility index (Phi) is 3.24. The van der Waals surface area contributed by atoms with E-state index >= 15 is 0 Å². The van der Waals surface area contributed by atoms with Crippen molar-refractivity contribution >= 4 is 17.4 Å². The van der Waals surface area contributed by atoms with E-state index < -0.39 is 11.0 Å². The summed E-state index contributed by atoms with van der Waals surface area (Å²) in [6, 6.07) is 3.82. The van der Waals surface area contributed by atoms with Crippen LogP contribution in [0.1, 0.15) is 12.5 Å². The van der Waals surface area contributed by atoms with Crippen molar-refractivity contribution in [1.29, 1.82) is 0 Å². The van der Waals surface area contributed by atoms with E-state index in [0.717, 1.165) is 0 Å². The smallest absolute Gasteiger partial charge is 0.409 e. The van der Waals surface area contributed by atoms with Gasteiger partial charge < -0.3 is 10.5 Å². The van der Waals surface area contributed by atoms with E-state index in [-0.39, 0.29) is 11.4 Å². The molecule has 0 aliphatic heterocycles. The molecular formula is C10H10N2O4. The maximum absolute atomic E-state index is 10.6. The molecule has 0 atom stereocenters. The van der Waals surface area contributed by atoms with E-state index in [1.165, 1.54) is 18.2 Å². The number of nitro benzene ring substituents is 1. The molecule has 16 heavy (non-hydrogen) atoms. The van der Waals surface area contributed by atoms with Crippen molar-refractivity contribution in [1.82, 2.24) is 0 Å². The third-order valence-corrected chi connectivity index (χ3v) is 1.84. The van der Waals surface area contributed by atoms with Gasteiger partial charge in [0.05, 0.1) is 4.92 Å². The molecule has 2 N–H and O–H groups in total. The molecule has 0 saturated carbocycles. The van der Waals surface area contributed by atoms with E-state index in [1.807, 2.05) is 0 Å². The summed E-state index contributed by atoms with van der Waals surface area (Å²) in [7, 11) is 0. The highest BCUT2D eigenvalue weighted by molar-refractivity contribution is 5.75. The van der Waals surface area contributed by atoms with Crippen LogP contribution in [0.2, 0.25) is 0 Å². The minimum atomic E-state index is -0.976. The second kappa shape index (κ2) is 4.43. The number of allylic oxidation sites excluding steroid dienone is 1. The molecule has 1 amide bonds. The number of primary amides is 1. The first-order valence-electron chi connectivity index (χ1n) is 4.33. The summed E-state index contributed by atoms with van der Waals surface area (Å²) in [6.07, 6.45) is -0.976. The summed E-state index contributed by atoms with van der Waals surface area (Å²) in [5.41, 5.74) is 5.69. The van der Waals surface area contributed by atoms with Crippen LogP contribution in [0.3, 0.4) is 0 Å². The lowest BCUT2D eigenvalue weighted by molar-refractivity contribution is -0.384. The monoisotopic (exact) mass is 222 g/mol. The molecule has 1 aromatic carbocycles. The van der Waals surface area contributed by atoms with Gasteiger partial charge in [-0.1, -0.05) is 6.58 Å². The average Bonchev–Trinajstić information content (AvgIpc) is 2.16. The van der Waals surface area contributed by atoms with Crippen LogP contribution in [-0.4, -0.2) is 11.0 Å². The van der Waals surface area contributed by atoms with Gasteiger partial charge in [0.15, 0.2) is 0 Å². The van der Waals surface area contributed by atoms with Crippen LogP contribution in [0, 0.1) is 10.1 Å². The van der Waals surface area contributed by atoms with Crippen molar-refractivity contribution in [3.8, 4) is 5.75 Å². The van der Waals surface area contributed by atoms with Crippen molar-refractivity contribution in [2.24, 2.45) is 5.73 Å². The van der Waals surface area contributed by atoms with E-state index in [0.29, 0.717) is 11.1 Å².